The van der Waals surface area contributed by atoms with E-state index in [2.05, 4.69) is 25.3 Å². The fraction of sp³-hybridized carbons (Fsp3) is 0.478. The quantitative estimate of drug-likeness (QED) is 0.655. The number of aromatic nitrogens is 4. The number of hydrogen-bond acceptors (Lipinski definition) is 7. The molecular weight excluding hydrogens is 392 g/mol. The molecule has 3 aromatic rings. The number of anilines is 2. The fourth-order valence-electron chi connectivity index (χ4n) is 4.79. The fourth-order valence-corrected chi connectivity index (χ4v) is 4.79. The predicted molar refractivity (Wildman–Crippen MR) is 120 cm³/mol. The first kappa shape index (κ1) is 19.9. The zero-order valence-corrected chi connectivity index (χ0v) is 17.5. The minimum atomic E-state index is -0.495. The summed E-state index contributed by atoms with van der Waals surface area (Å²) in [5, 5.41) is 18.4. The van der Waals surface area contributed by atoms with E-state index in [0.717, 1.165) is 74.3 Å². The highest BCUT2D eigenvalue weighted by molar-refractivity contribution is 5.75. The van der Waals surface area contributed by atoms with Crippen LogP contribution in [-0.2, 0) is 0 Å². The predicted octanol–water partition coefficient (Wildman–Crippen LogP) is 2.74. The molecule has 8 nitrogen and oxygen atoms in total. The highest BCUT2D eigenvalue weighted by Gasteiger charge is 2.30. The standard InChI is InChI=1S/C23H28N6O2/c30-20-10-5-9-19(20)29-23(31)12-11-22(27-29)28-13-4-3-6-16(28)14-25-21-15-24-17-7-1-2-8-18(17)26-21/h1-2,7-8,11-12,15-16,19-20,30H,3-6,9-10,13-14H2,(H,25,26). The second-order valence-corrected chi connectivity index (χ2v) is 8.51. The number of aliphatic hydroxyl groups is 1. The zero-order chi connectivity index (χ0) is 21.2. The summed E-state index contributed by atoms with van der Waals surface area (Å²) in [6, 6.07) is 11.3. The lowest BCUT2D eigenvalue weighted by Crippen LogP contribution is -2.45. The lowest BCUT2D eigenvalue weighted by atomic mass is 10.0. The van der Waals surface area contributed by atoms with Gasteiger partial charge in [0.05, 0.1) is 29.4 Å². The van der Waals surface area contributed by atoms with Crippen LogP contribution in [0, 0.1) is 0 Å². The number of fused-ring (bicyclic) bond motifs is 1. The number of para-hydroxylation sites is 2. The molecule has 8 heteroatoms. The van der Waals surface area contributed by atoms with E-state index in [9.17, 15) is 9.90 Å². The molecule has 162 valence electrons. The molecule has 1 aliphatic carbocycles. The van der Waals surface area contributed by atoms with Crippen LogP contribution in [0.25, 0.3) is 11.0 Å². The molecule has 2 aromatic heterocycles. The molecule has 3 unspecified atom stereocenters. The Bertz CT molecular complexity index is 1120. The van der Waals surface area contributed by atoms with Crippen LogP contribution in [0.4, 0.5) is 11.6 Å². The third-order valence-corrected chi connectivity index (χ3v) is 6.46. The summed E-state index contributed by atoms with van der Waals surface area (Å²) in [7, 11) is 0. The Morgan fingerprint density at radius 1 is 1.03 bits per heavy atom. The van der Waals surface area contributed by atoms with Crippen molar-refractivity contribution in [3.05, 3.63) is 52.9 Å². The Morgan fingerprint density at radius 2 is 1.90 bits per heavy atom. The van der Waals surface area contributed by atoms with Crippen LogP contribution in [0.2, 0.25) is 0 Å². The van der Waals surface area contributed by atoms with Crippen LogP contribution in [0.3, 0.4) is 0 Å². The average molecular weight is 421 g/mol. The number of benzene rings is 1. The maximum absolute atomic E-state index is 12.4. The summed E-state index contributed by atoms with van der Waals surface area (Å²) in [6.07, 6.45) is 7.02. The highest BCUT2D eigenvalue weighted by atomic mass is 16.3. The van der Waals surface area contributed by atoms with Gasteiger partial charge >= 0.3 is 0 Å². The molecule has 0 amide bonds. The van der Waals surface area contributed by atoms with Crippen molar-refractivity contribution < 1.29 is 5.11 Å². The van der Waals surface area contributed by atoms with E-state index >= 15 is 0 Å². The van der Waals surface area contributed by atoms with E-state index in [-0.39, 0.29) is 17.6 Å². The second kappa shape index (κ2) is 8.63. The van der Waals surface area contributed by atoms with Gasteiger partial charge in [-0.15, -0.1) is 0 Å². The van der Waals surface area contributed by atoms with E-state index in [1.54, 1.807) is 12.3 Å². The lowest BCUT2D eigenvalue weighted by Gasteiger charge is -2.37. The van der Waals surface area contributed by atoms with Crippen molar-refractivity contribution in [2.75, 3.05) is 23.3 Å². The van der Waals surface area contributed by atoms with Gasteiger partial charge in [0.2, 0.25) is 0 Å². The Hall–Kier alpha value is -3.00. The van der Waals surface area contributed by atoms with Gasteiger partial charge in [0.15, 0.2) is 0 Å². The van der Waals surface area contributed by atoms with Crippen LogP contribution in [-0.4, -0.2) is 50.1 Å². The normalized spacial score (nSPS) is 23.9. The molecule has 0 bridgehead atoms. The summed E-state index contributed by atoms with van der Waals surface area (Å²) >= 11 is 0. The Kier molecular flexibility index (Phi) is 5.55. The maximum atomic E-state index is 12.4. The average Bonchev–Trinajstić information content (AvgIpc) is 3.24. The molecular formula is C23H28N6O2. The summed E-state index contributed by atoms with van der Waals surface area (Å²) in [5.41, 5.74) is 1.61. The first-order chi connectivity index (χ1) is 15.2. The van der Waals surface area contributed by atoms with Gasteiger partial charge in [-0.1, -0.05) is 12.1 Å². The van der Waals surface area contributed by atoms with Gasteiger partial charge in [0.1, 0.15) is 11.6 Å². The summed E-state index contributed by atoms with van der Waals surface area (Å²) in [4.78, 5) is 23.9. The summed E-state index contributed by atoms with van der Waals surface area (Å²) in [6.45, 7) is 1.62. The van der Waals surface area contributed by atoms with Gasteiger partial charge in [-0.3, -0.25) is 9.78 Å². The van der Waals surface area contributed by atoms with Crippen LogP contribution in [0.15, 0.2) is 47.4 Å². The number of rotatable bonds is 5. The molecule has 1 saturated carbocycles. The molecule has 31 heavy (non-hydrogen) atoms. The van der Waals surface area contributed by atoms with Gasteiger partial charge in [-0.25, -0.2) is 9.67 Å². The van der Waals surface area contributed by atoms with Crippen molar-refractivity contribution in [2.24, 2.45) is 0 Å². The molecule has 2 fully saturated rings. The van der Waals surface area contributed by atoms with Crippen LogP contribution < -0.4 is 15.8 Å². The molecule has 3 heterocycles. The molecule has 1 aromatic carbocycles. The van der Waals surface area contributed by atoms with E-state index in [0.29, 0.717) is 0 Å². The monoisotopic (exact) mass is 420 g/mol. The Morgan fingerprint density at radius 3 is 2.74 bits per heavy atom. The molecule has 2 N–H and O–H groups in total. The molecule has 0 spiro atoms. The molecule has 2 aliphatic rings. The van der Waals surface area contributed by atoms with Crippen molar-refractivity contribution in [1.29, 1.82) is 0 Å². The molecule has 1 saturated heterocycles. The zero-order valence-electron chi connectivity index (χ0n) is 17.5. The van der Waals surface area contributed by atoms with Gasteiger partial charge < -0.3 is 15.3 Å². The van der Waals surface area contributed by atoms with Crippen molar-refractivity contribution in [2.45, 2.75) is 56.7 Å². The van der Waals surface area contributed by atoms with E-state index < -0.39 is 6.10 Å². The number of nitrogens with one attached hydrogen (secondary N) is 1. The summed E-state index contributed by atoms with van der Waals surface area (Å²) < 4.78 is 1.50. The third kappa shape index (κ3) is 4.12. The second-order valence-electron chi connectivity index (χ2n) is 8.51. The van der Waals surface area contributed by atoms with E-state index in [1.165, 1.54) is 4.68 Å². The van der Waals surface area contributed by atoms with Crippen LogP contribution in [0.5, 0.6) is 0 Å². The maximum Gasteiger partial charge on any atom is 0.267 e. The topological polar surface area (TPSA) is 96.2 Å². The molecule has 3 atom stereocenters. The van der Waals surface area contributed by atoms with Crippen molar-refractivity contribution in [3.63, 3.8) is 0 Å². The third-order valence-electron chi connectivity index (χ3n) is 6.46. The lowest BCUT2D eigenvalue weighted by molar-refractivity contribution is 0.127. The minimum Gasteiger partial charge on any atom is -0.391 e. The van der Waals surface area contributed by atoms with Crippen molar-refractivity contribution >= 4 is 22.7 Å². The molecule has 1 aliphatic heterocycles. The Labute approximate surface area is 180 Å². The van der Waals surface area contributed by atoms with Crippen LogP contribution in [0.1, 0.15) is 44.6 Å². The van der Waals surface area contributed by atoms with Gasteiger partial charge in [-0.05, 0) is 56.7 Å². The minimum absolute atomic E-state index is 0.146. The smallest absolute Gasteiger partial charge is 0.267 e. The number of hydrogen-bond donors (Lipinski definition) is 2. The largest absolute Gasteiger partial charge is 0.391 e. The highest BCUT2D eigenvalue weighted by Crippen LogP contribution is 2.29. The van der Waals surface area contributed by atoms with Gasteiger partial charge in [0, 0.05) is 25.2 Å². The number of piperidine rings is 1. The Balaban J connectivity index is 1.35. The summed E-state index contributed by atoms with van der Waals surface area (Å²) in [5.74, 6) is 1.56. The van der Waals surface area contributed by atoms with Crippen molar-refractivity contribution in [1.82, 2.24) is 19.7 Å². The first-order valence-corrected chi connectivity index (χ1v) is 11.2. The van der Waals surface area contributed by atoms with Gasteiger partial charge in [0.25, 0.3) is 5.56 Å². The number of nitrogens with zero attached hydrogens (tertiary/aromatic N) is 5. The first-order valence-electron chi connectivity index (χ1n) is 11.2. The molecule has 5 rings (SSSR count). The SMILES string of the molecule is O=c1ccc(N2CCCCC2CNc2cnc3ccccc3n2)nn1C1CCCC1O. The van der Waals surface area contributed by atoms with Crippen molar-refractivity contribution in [3.8, 4) is 0 Å². The van der Waals surface area contributed by atoms with Crippen LogP contribution >= 0.6 is 0 Å². The van der Waals surface area contributed by atoms with E-state index in [4.69, 9.17) is 0 Å². The van der Waals surface area contributed by atoms with Gasteiger partial charge in [-0.2, -0.15) is 5.10 Å². The number of aliphatic hydroxyl groups excluding tert-OH is 1. The molecule has 0 radical (unpaired) electrons. The van der Waals surface area contributed by atoms with E-state index in [1.807, 2.05) is 30.3 Å².